The van der Waals surface area contributed by atoms with Crippen LogP contribution >= 0.6 is 0 Å². The van der Waals surface area contributed by atoms with Crippen molar-refractivity contribution in [1.29, 1.82) is 0 Å². The summed E-state index contributed by atoms with van der Waals surface area (Å²) in [6.07, 6.45) is 9.19. The number of allylic oxidation sites excluding steroid dienone is 1. The molecule has 3 rings (SSSR count). The zero-order valence-corrected chi connectivity index (χ0v) is 27.8. The Kier molecular flexibility index (Phi) is 10.3. The lowest BCUT2D eigenvalue weighted by molar-refractivity contribution is -0.130. The van der Waals surface area contributed by atoms with Crippen molar-refractivity contribution in [1.82, 2.24) is 5.48 Å². The van der Waals surface area contributed by atoms with E-state index in [-0.39, 0.29) is 33.9 Å². The number of carbonyl (C=O) groups excluding carboxylic acids is 1. The molecule has 1 heterocycles. The molecular formula is C33H55NO5Si. The van der Waals surface area contributed by atoms with Gasteiger partial charge in [0.2, 0.25) is 0 Å². The molecule has 0 fully saturated rings. The van der Waals surface area contributed by atoms with Gasteiger partial charge in [0, 0.05) is 23.0 Å². The summed E-state index contributed by atoms with van der Waals surface area (Å²) < 4.78 is 12.7. The fraction of sp³-hybridized carbons (Fsp3) is 0.727. The fourth-order valence-electron chi connectivity index (χ4n) is 5.85. The number of nitrogens with one attached hydrogen (secondary N) is 1. The van der Waals surface area contributed by atoms with E-state index in [4.69, 9.17) is 14.0 Å². The van der Waals surface area contributed by atoms with Crippen LogP contribution in [0.1, 0.15) is 117 Å². The third kappa shape index (κ3) is 7.51. The molecule has 0 spiro atoms. The second-order valence-corrected chi connectivity index (χ2v) is 19.4. The van der Waals surface area contributed by atoms with E-state index in [1.54, 1.807) is 0 Å². The third-order valence-corrected chi connectivity index (χ3v) is 14.2. The van der Waals surface area contributed by atoms with Gasteiger partial charge in [-0.15, -0.1) is 0 Å². The van der Waals surface area contributed by atoms with Gasteiger partial charge in [-0.2, -0.15) is 0 Å². The monoisotopic (exact) mass is 573 g/mol. The first-order chi connectivity index (χ1) is 18.5. The van der Waals surface area contributed by atoms with E-state index in [1.807, 2.05) is 12.1 Å². The first kappa shape index (κ1) is 32.7. The van der Waals surface area contributed by atoms with E-state index in [0.29, 0.717) is 31.6 Å². The second-order valence-electron chi connectivity index (χ2n) is 14.6. The summed E-state index contributed by atoms with van der Waals surface area (Å²) in [5.74, 6) is 0.965. The lowest BCUT2D eigenvalue weighted by Gasteiger charge is -2.47. The Bertz CT molecular complexity index is 1070. The van der Waals surface area contributed by atoms with Gasteiger partial charge in [-0.05, 0) is 74.4 Å². The Morgan fingerprint density at radius 3 is 2.48 bits per heavy atom. The normalized spacial score (nSPS) is 20.7. The summed E-state index contributed by atoms with van der Waals surface area (Å²) >= 11 is 0. The number of phenols is 1. The molecule has 7 heteroatoms. The lowest BCUT2D eigenvalue weighted by Crippen LogP contribution is -2.46. The van der Waals surface area contributed by atoms with E-state index in [0.717, 1.165) is 23.3 Å². The van der Waals surface area contributed by atoms with Gasteiger partial charge in [-0.1, -0.05) is 73.3 Å². The molecule has 1 aromatic carbocycles. The highest BCUT2D eigenvalue weighted by molar-refractivity contribution is 6.74. The molecule has 0 saturated carbocycles. The maximum absolute atomic E-state index is 13.1. The standard InChI is InChI=1S/C33H55NO5Si/c1-11-12-13-14-17-32(5,6)24-21-27(35)29-25-20-23(15-16-26(25)33(7,8)39-28(29)22-24)30(36)34-37-18-19-38-40(9,10)31(2,3)4/h15,21-22,25-26,35H,11-14,16-20H2,1-10H3,(H,34,36)/t25-,26-/m1/s1. The minimum atomic E-state index is -1.85. The SMILES string of the molecule is CCCCCCC(C)(C)c1cc(O)c2c(c1)OC(C)(C)[C@@H]1CC=C(C(=O)NOCCO[Si](C)(C)C(C)(C)C)C[C@@H]21. The number of unbranched alkanes of at least 4 members (excludes halogenated alkanes) is 3. The molecule has 6 nitrogen and oxygen atoms in total. The van der Waals surface area contributed by atoms with Crippen molar-refractivity contribution in [2.45, 2.75) is 135 Å². The molecule has 0 unspecified atom stereocenters. The Hall–Kier alpha value is -1.83. The zero-order chi connectivity index (χ0) is 29.9. The maximum Gasteiger partial charge on any atom is 0.270 e. The van der Waals surface area contributed by atoms with Gasteiger partial charge >= 0.3 is 0 Å². The molecule has 0 radical (unpaired) electrons. The summed E-state index contributed by atoms with van der Waals surface area (Å²) in [5.41, 5.74) is 4.77. The topological polar surface area (TPSA) is 77.0 Å². The van der Waals surface area contributed by atoms with Crippen molar-refractivity contribution in [2.75, 3.05) is 13.2 Å². The van der Waals surface area contributed by atoms with E-state index in [2.05, 4.69) is 80.0 Å². The molecule has 1 aromatic rings. The van der Waals surface area contributed by atoms with Gasteiger partial charge in [0.15, 0.2) is 8.32 Å². The van der Waals surface area contributed by atoms with Crippen LogP contribution in [-0.2, 0) is 19.5 Å². The number of hydrogen-bond acceptors (Lipinski definition) is 5. The average Bonchev–Trinajstić information content (AvgIpc) is 2.84. The van der Waals surface area contributed by atoms with Gasteiger partial charge in [-0.3, -0.25) is 9.63 Å². The third-order valence-electron chi connectivity index (χ3n) is 9.65. The highest BCUT2D eigenvalue weighted by atomic mass is 28.4. The van der Waals surface area contributed by atoms with Crippen LogP contribution in [0.2, 0.25) is 18.1 Å². The number of phenolic OH excluding ortho intramolecular Hbond substituents is 1. The molecule has 2 N–H and O–H groups in total. The van der Waals surface area contributed by atoms with Crippen LogP contribution in [0.3, 0.4) is 0 Å². The van der Waals surface area contributed by atoms with Gasteiger partial charge < -0.3 is 14.3 Å². The quantitative estimate of drug-likeness (QED) is 0.149. The Morgan fingerprint density at radius 1 is 1.12 bits per heavy atom. The van der Waals surface area contributed by atoms with Gasteiger partial charge in [0.1, 0.15) is 17.1 Å². The molecule has 2 aliphatic rings. The zero-order valence-electron chi connectivity index (χ0n) is 26.8. The number of ether oxygens (including phenoxy) is 1. The molecule has 40 heavy (non-hydrogen) atoms. The van der Waals surface area contributed by atoms with Crippen molar-refractivity contribution in [3.63, 3.8) is 0 Å². The molecule has 0 saturated heterocycles. The number of aromatic hydroxyl groups is 1. The van der Waals surface area contributed by atoms with Crippen molar-refractivity contribution >= 4 is 14.2 Å². The van der Waals surface area contributed by atoms with Gasteiger partial charge in [0.25, 0.3) is 5.91 Å². The second kappa shape index (κ2) is 12.6. The number of hydrogen-bond donors (Lipinski definition) is 2. The van der Waals surface area contributed by atoms with Crippen LogP contribution < -0.4 is 10.2 Å². The Morgan fingerprint density at radius 2 is 1.82 bits per heavy atom. The number of hydroxylamine groups is 1. The molecule has 1 aliphatic carbocycles. The number of benzene rings is 1. The van der Waals surface area contributed by atoms with E-state index < -0.39 is 13.9 Å². The minimum Gasteiger partial charge on any atom is -0.508 e. The van der Waals surface area contributed by atoms with Crippen LogP contribution in [0.25, 0.3) is 0 Å². The van der Waals surface area contributed by atoms with Gasteiger partial charge in [-0.25, -0.2) is 5.48 Å². The number of fused-ring (bicyclic) bond motifs is 3. The van der Waals surface area contributed by atoms with Crippen molar-refractivity contribution in [3.8, 4) is 11.5 Å². The van der Waals surface area contributed by atoms with Crippen LogP contribution in [0.15, 0.2) is 23.8 Å². The summed E-state index contributed by atoms with van der Waals surface area (Å²) in [7, 11) is -1.85. The largest absolute Gasteiger partial charge is 0.508 e. The van der Waals surface area contributed by atoms with Crippen LogP contribution in [-0.4, -0.2) is 38.1 Å². The van der Waals surface area contributed by atoms with Crippen LogP contribution in [0.4, 0.5) is 0 Å². The highest BCUT2D eigenvalue weighted by Gasteiger charge is 2.47. The number of amides is 1. The molecule has 1 amide bonds. The smallest absolute Gasteiger partial charge is 0.270 e. The average molecular weight is 574 g/mol. The maximum atomic E-state index is 13.1. The highest BCUT2D eigenvalue weighted by Crippen LogP contribution is 2.55. The number of rotatable bonds is 12. The Labute approximate surface area is 244 Å². The molecular weight excluding hydrogens is 518 g/mol. The molecule has 2 atom stereocenters. The minimum absolute atomic E-state index is 0.00636. The summed E-state index contributed by atoms with van der Waals surface area (Å²) in [6, 6.07) is 4.07. The summed E-state index contributed by atoms with van der Waals surface area (Å²) in [4.78, 5) is 18.6. The molecule has 1 aliphatic heterocycles. The molecule has 0 bridgehead atoms. The summed E-state index contributed by atoms with van der Waals surface area (Å²) in [6.45, 7) is 22.7. The van der Waals surface area contributed by atoms with E-state index >= 15 is 0 Å². The first-order valence-electron chi connectivity index (χ1n) is 15.3. The van der Waals surface area contributed by atoms with Crippen molar-refractivity contribution in [3.05, 3.63) is 34.9 Å². The number of carbonyl (C=O) groups is 1. The van der Waals surface area contributed by atoms with Gasteiger partial charge in [0.05, 0.1) is 13.2 Å². The predicted molar refractivity (Wildman–Crippen MR) is 165 cm³/mol. The van der Waals surface area contributed by atoms with Crippen LogP contribution in [0, 0.1) is 5.92 Å². The predicted octanol–water partition coefficient (Wildman–Crippen LogP) is 8.30. The van der Waals surface area contributed by atoms with Crippen molar-refractivity contribution < 1.29 is 23.9 Å². The van der Waals surface area contributed by atoms with E-state index in [9.17, 15) is 9.90 Å². The molecule has 226 valence electrons. The Balaban J connectivity index is 1.70. The van der Waals surface area contributed by atoms with Crippen LogP contribution in [0.5, 0.6) is 11.5 Å². The first-order valence-corrected chi connectivity index (χ1v) is 18.2. The fourth-order valence-corrected chi connectivity index (χ4v) is 6.87. The lowest BCUT2D eigenvalue weighted by atomic mass is 9.66. The van der Waals surface area contributed by atoms with E-state index in [1.165, 1.54) is 25.7 Å². The molecule has 0 aromatic heterocycles. The van der Waals surface area contributed by atoms with Crippen molar-refractivity contribution in [2.24, 2.45) is 5.92 Å². The summed E-state index contributed by atoms with van der Waals surface area (Å²) in [5, 5.41) is 11.5.